The lowest BCUT2D eigenvalue weighted by Crippen LogP contribution is -2.54. The lowest BCUT2D eigenvalue weighted by atomic mass is 10.1. The molecule has 31 heavy (non-hydrogen) atoms. The first-order chi connectivity index (χ1) is 14.8. The summed E-state index contributed by atoms with van der Waals surface area (Å²) in [5, 5.41) is 2.74. The number of carbonyl (C=O) groups is 2. The molecular formula is C25H23N3O2S. The number of nitrogens with zero attached hydrogens (tertiary/aromatic N) is 2. The largest absolute Gasteiger partial charge is 0.318 e. The molecule has 156 valence electrons. The predicted octanol–water partition coefficient (Wildman–Crippen LogP) is 4.54. The van der Waals surface area contributed by atoms with Crippen molar-refractivity contribution >= 4 is 40.9 Å². The molecule has 1 N–H and O–H groups in total. The van der Waals surface area contributed by atoms with E-state index in [1.165, 1.54) is 4.90 Å². The van der Waals surface area contributed by atoms with Gasteiger partial charge in [0.15, 0.2) is 5.11 Å². The number of rotatable bonds is 3. The minimum absolute atomic E-state index is 0.0552. The maximum Gasteiger partial charge on any atom is 0.270 e. The van der Waals surface area contributed by atoms with E-state index in [0.29, 0.717) is 5.69 Å². The Bertz CT molecular complexity index is 1270. The van der Waals surface area contributed by atoms with E-state index in [1.54, 1.807) is 12.1 Å². The first-order valence-corrected chi connectivity index (χ1v) is 10.4. The van der Waals surface area contributed by atoms with Gasteiger partial charge in [-0.05, 0) is 93.0 Å². The topological polar surface area (TPSA) is 54.3 Å². The van der Waals surface area contributed by atoms with E-state index in [9.17, 15) is 9.59 Å². The van der Waals surface area contributed by atoms with Crippen molar-refractivity contribution in [3.8, 4) is 5.69 Å². The van der Waals surface area contributed by atoms with Gasteiger partial charge in [-0.15, -0.1) is 0 Å². The number of carbonyl (C=O) groups excluding carboxylic acids is 2. The third-order valence-corrected chi connectivity index (χ3v) is 5.68. The Labute approximate surface area is 187 Å². The van der Waals surface area contributed by atoms with Crippen LogP contribution in [0.5, 0.6) is 0 Å². The number of hydrogen-bond acceptors (Lipinski definition) is 3. The normalized spacial score (nSPS) is 15.5. The Morgan fingerprint density at radius 1 is 0.871 bits per heavy atom. The van der Waals surface area contributed by atoms with E-state index in [2.05, 4.69) is 16.0 Å². The molecule has 4 rings (SSSR count). The fraction of sp³-hybridized carbons (Fsp3) is 0.160. The van der Waals surface area contributed by atoms with Gasteiger partial charge in [0, 0.05) is 17.1 Å². The first-order valence-electron chi connectivity index (χ1n) is 10.0. The van der Waals surface area contributed by atoms with Gasteiger partial charge in [-0.3, -0.25) is 19.8 Å². The molecule has 0 bridgehead atoms. The van der Waals surface area contributed by atoms with Crippen LogP contribution in [0.15, 0.2) is 60.2 Å². The molecule has 1 aromatic heterocycles. The molecule has 0 unspecified atom stereocenters. The Balaban J connectivity index is 1.77. The van der Waals surface area contributed by atoms with Crippen molar-refractivity contribution < 1.29 is 9.59 Å². The number of benzene rings is 2. The lowest BCUT2D eigenvalue weighted by Gasteiger charge is -2.29. The summed E-state index contributed by atoms with van der Waals surface area (Å²) < 4.78 is 2.12. The minimum atomic E-state index is -0.487. The maximum atomic E-state index is 13.3. The number of thiocarbonyl (C=S) groups is 1. The van der Waals surface area contributed by atoms with Gasteiger partial charge < -0.3 is 4.57 Å². The third kappa shape index (κ3) is 3.82. The van der Waals surface area contributed by atoms with Gasteiger partial charge in [-0.25, -0.2) is 0 Å². The molecule has 2 heterocycles. The van der Waals surface area contributed by atoms with Gasteiger partial charge in [0.2, 0.25) is 0 Å². The number of hydrogen-bond donors (Lipinski definition) is 1. The van der Waals surface area contributed by atoms with Crippen LogP contribution < -0.4 is 10.2 Å². The fourth-order valence-electron chi connectivity index (χ4n) is 3.91. The van der Waals surface area contributed by atoms with E-state index in [-0.39, 0.29) is 10.7 Å². The molecule has 5 nitrogen and oxygen atoms in total. The highest BCUT2D eigenvalue weighted by Gasteiger charge is 2.34. The van der Waals surface area contributed by atoms with Crippen molar-refractivity contribution in [2.75, 3.05) is 4.90 Å². The number of amides is 2. The molecule has 0 saturated carbocycles. The standard InChI is InChI=1S/C25H23N3O2S/c1-15-7-5-9-20(11-15)27-17(3)13-19(18(27)4)14-22-23(29)26-25(31)28(24(22)30)21-10-6-8-16(2)12-21/h5-14H,1-4H3,(H,26,29,31)/b22-14+. The van der Waals surface area contributed by atoms with Gasteiger partial charge in [-0.1, -0.05) is 24.3 Å². The SMILES string of the molecule is Cc1cccc(N2C(=O)/C(=C/c3cc(C)n(-c4cccc(C)c4)c3C)C(=O)NC2=S)c1. The van der Waals surface area contributed by atoms with Crippen molar-refractivity contribution in [3.63, 3.8) is 0 Å². The van der Waals surface area contributed by atoms with Crippen molar-refractivity contribution in [1.82, 2.24) is 9.88 Å². The van der Waals surface area contributed by atoms with Crippen molar-refractivity contribution in [1.29, 1.82) is 0 Å². The number of anilines is 1. The first kappa shape index (κ1) is 20.8. The molecule has 0 radical (unpaired) electrons. The summed E-state index contributed by atoms with van der Waals surface area (Å²) in [6.45, 7) is 7.98. The summed E-state index contributed by atoms with van der Waals surface area (Å²) in [6.07, 6.45) is 1.65. The lowest BCUT2D eigenvalue weighted by molar-refractivity contribution is -0.122. The van der Waals surface area contributed by atoms with Gasteiger partial charge >= 0.3 is 0 Å². The monoisotopic (exact) mass is 429 g/mol. The van der Waals surface area contributed by atoms with E-state index in [4.69, 9.17) is 12.2 Å². The number of aryl methyl sites for hydroxylation is 3. The summed E-state index contributed by atoms with van der Waals surface area (Å²) in [5.41, 5.74) is 6.67. The molecule has 3 aromatic rings. The molecule has 0 aliphatic carbocycles. The second kappa shape index (κ2) is 7.96. The maximum absolute atomic E-state index is 13.3. The van der Waals surface area contributed by atoms with Gasteiger partial charge in [0.05, 0.1) is 5.69 Å². The zero-order chi connectivity index (χ0) is 22.3. The van der Waals surface area contributed by atoms with E-state index in [0.717, 1.165) is 33.8 Å². The molecule has 0 spiro atoms. The zero-order valence-electron chi connectivity index (χ0n) is 17.9. The van der Waals surface area contributed by atoms with E-state index in [1.807, 2.05) is 70.2 Å². The Hall–Kier alpha value is -3.51. The van der Waals surface area contributed by atoms with Crippen LogP contribution in [0.1, 0.15) is 28.1 Å². The third-order valence-electron chi connectivity index (χ3n) is 5.39. The second-order valence-electron chi connectivity index (χ2n) is 7.80. The highest BCUT2D eigenvalue weighted by Crippen LogP contribution is 2.26. The van der Waals surface area contributed by atoms with Gasteiger partial charge in [-0.2, -0.15) is 0 Å². The predicted molar refractivity (Wildman–Crippen MR) is 127 cm³/mol. The van der Waals surface area contributed by atoms with Crippen molar-refractivity contribution in [2.45, 2.75) is 27.7 Å². The average Bonchev–Trinajstić information content (AvgIpc) is 2.98. The summed E-state index contributed by atoms with van der Waals surface area (Å²) in [4.78, 5) is 27.3. The van der Waals surface area contributed by atoms with Crippen LogP contribution in [0.3, 0.4) is 0 Å². The Morgan fingerprint density at radius 3 is 2.13 bits per heavy atom. The van der Waals surface area contributed by atoms with E-state index >= 15 is 0 Å². The van der Waals surface area contributed by atoms with Crippen LogP contribution in [0, 0.1) is 27.7 Å². The van der Waals surface area contributed by atoms with Gasteiger partial charge in [0.25, 0.3) is 11.8 Å². The molecule has 1 fully saturated rings. The zero-order valence-corrected chi connectivity index (χ0v) is 18.7. The fourth-order valence-corrected chi connectivity index (χ4v) is 4.19. The van der Waals surface area contributed by atoms with Crippen LogP contribution in [0.2, 0.25) is 0 Å². The summed E-state index contributed by atoms with van der Waals surface area (Å²) in [7, 11) is 0. The average molecular weight is 430 g/mol. The summed E-state index contributed by atoms with van der Waals surface area (Å²) in [5.74, 6) is -0.918. The van der Waals surface area contributed by atoms with Crippen LogP contribution in [-0.2, 0) is 9.59 Å². The molecule has 2 aromatic carbocycles. The van der Waals surface area contributed by atoms with Crippen molar-refractivity contribution in [2.24, 2.45) is 0 Å². The minimum Gasteiger partial charge on any atom is -0.318 e. The van der Waals surface area contributed by atoms with Crippen LogP contribution in [-0.4, -0.2) is 21.5 Å². The molecule has 1 aliphatic heterocycles. The highest BCUT2D eigenvalue weighted by atomic mass is 32.1. The van der Waals surface area contributed by atoms with E-state index < -0.39 is 11.8 Å². The molecule has 1 aliphatic rings. The smallest absolute Gasteiger partial charge is 0.270 e. The molecule has 6 heteroatoms. The quantitative estimate of drug-likeness (QED) is 0.378. The summed E-state index contributed by atoms with van der Waals surface area (Å²) >= 11 is 5.29. The number of aromatic nitrogens is 1. The van der Waals surface area contributed by atoms with Crippen molar-refractivity contribution in [3.05, 3.63) is 88.2 Å². The highest BCUT2D eigenvalue weighted by molar-refractivity contribution is 7.80. The second-order valence-corrected chi connectivity index (χ2v) is 8.18. The Kier molecular flexibility index (Phi) is 5.33. The number of nitrogens with one attached hydrogen (secondary N) is 1. The van der Waals surface area contributed by atoms with Crippen LogP contribution in [0.25, 0.3) is 11.8 Å². The molecule has 0 atom stereocenters. The molecule has 2 amide bonds. The van der Waals surface area contributed by atoms with Gasteiger partial charge in [0.1, 0.15) is 5.57 Å². The Morgan fingerprint density at radius 2 is 1.48 bits per heavy atom. The van der Waals surface area contributed by atoms with Crippen LogP contribution in [0.4, 0.5) is 5.69 Å². The van der Waals surface area contributed by atoms with Crippen LogP contribution >= 0.6 is 12.2 Å². The summed E-state index contributed by atoms with van der Waals surface area (Å²) in [6, 6.07) is 17.7. The molecule has 1 saturated heterocycles. The molecular weight excluding hydrogens is 406 g/mol.